The highest BCUT2D eigenvalue weighted by molar-refractivity contribution is 6.36. The third-order valence-corrected chi connectivity index (χ3v) is 3.72. The standard InChI is InChI=1S/C17H14Cl2O5/c1-22-12-5-10(6-13(8-12)23-2)17(21)24-9-16(20)14-7-11(18)3-4-15(14)19/h3-8H,9H2,1-2H3. The quantitative estimate of drug-likeness (QED) is 0.568. The van der Waals surface area contributed by atoms with Gasteiger partial charge in [-0.15, -0.1) is 0 Å². The molecule has 0 atom stereocenters. The maximum absolute atomic E-state index is 12.1. The van der Waals surface area contributed by atoms with Crippen molar-refractivity contribution >= 4 is 35.0 Å². The minimum absolute atomic E-state index is 0.195. The highest BCUT2D eigenvalue weighted by atomic mass is 35.5. The maximum Gasteiger partial charge on any atom is 0.338 e. The first kappa shape index (κ1) is 18.1. The number of methoxy groups -OCH3 is 2. The molecular weight excluding hydrogens is 355 g/mol. The average molecular weight is 369 g/mol. The highest BCUT2D eigenvalue weighted by Gasteiger charge is 2.16. The lowest BCUT2D eigenvalue weighted by Crippen LogP contribution is -2.15. The first-order chi connectivity index (χ1) is 11.4. The van der Waals surface area contributed by atoms with E-state index in [2.05, 4.69) is 0 Å². The van der Waals surface area contributed by atoms with Gasteiger partial charge in [-0.3, -0.25) is 4.79 Å². The van der Waals surface area contributed by atoms with Crippen molar-refractivity contribution in [2.24, 2.45) is 0 Å². The summed E-state index contributed by atoms with van der Waals surface area (Å²) in [6.07, 6.45) is 0. The van der Waals surface area contributed by atoms with Crippen molar-refractivity contribution in [1.82, 2.24) is 0 Å². The van der Waals surface area contributed by atoms with Crippen LogP contribution in [0.2, 0.25) is 10.0 Å². The molecule has 2 aromatic rings. The van der Waals surface area contributed by atoms with Crippen molar-refractivity contribution in [3.63, 3.8) is 0 Å². The molecule has 2 aromatic carbocycles. The summed E-state index contributed by atoms with van der Waals surface area (Å²) in [4.78, 5) is 24.3. The monoisotopic (exact) mass is 368 g/mol. The van der Waals surface area contributed by atoms with Crippen LogP contribution in [-0.4, -0.2) is 32.6 Å². The zero-order valence-corrected chi connectivity index (χ0v) is 14.5. The van der Waals surface area contributed by atoms with Crippen LogP contribution in [0.5, 0.6) is 11.5 Å². The summed E-state index contributed by atoms with van der Waals surface area (Å²) < 4.78 is 15.2. The lowest BCUT2D eigenvalue weighted by atomic mass is 10.1. The van der Waals surface area contributed by atoms with Crippen LogP contribution in [0.3, 0.4) is 0 Å². The van der Waals surface area contributed by atoms with Crippen molar-refractivity contribution in [3.8, 4) is 11.5 Å². The van der Waals surface area contributed by atoms with Gasteiger partial charge < -0.3 is 14.2 Å². The van der Waals surface area contributed by atoms with E-state index in [0.717, 1.165) is 0 Å². The molecule has 0 aliphatic heterocycles. The minimum atomic E-state index is -0.682. The zero-order valence-electron chi connectivity index (χ0n) is 13.0. The van der Waals surface area contributed by atoms with Crippen LogP contribution in [-0.2, 0) is 4.74 Å². The van der Waals surface area contributed by atoms with Crippen molar-refractivity contribution in [3.05, 3.63) is 57.6 Å². The number of carbonyl (C=O) groups excluding carboxylic acids is 2. The summed E-state index contributed by atoms with van der Waals surface area (Å²) in [5.41, 5.74) is 0.399. The van der Waals surface area contributed by atoms with Crippen LogP contribution in [0.25, 0.3) is 0 Å². The number of hydrogen-bond acceptors (Lipinski definition) is 5. The second kappa shape index (κ2) is 8.04. The van der Waals surface area contributed by atoms with Gasteiger partial charge in [0.05, 0.1) is 24.8 Å². The van der Waals surface area contributed by atoms with E-state index in [4.69, 9.17) is 37.4 Å². The summed E-state index contributed by atoms with van der Waals surface area (Å²) in [5.74, 6) is -0.263. The van der Waals surface area contributed by atoms with E-state index in [1.54, 1.807) is 12.1 Å². The van der Waals surface area contributed by atoms with Gasteiger partial charge in [0.25, 0.3) is 0 Å². The van der Waals surface area contributed by atoms with E-state index in [1.807, 2.05) is 0 Å². The molecule has 0 spiro atoms. The highest BCUT2D eigenvalue weighted by Crippen LogP contribution is 2.24. The first-order valence-electron chi connectivity index (χ1n) is 6.83. The average Bonchev–Trinajstić information content (AvgIpc) is 2.60. The predicted molar refractivity (Wildman–Crippen MR) is 90.6 cm³/mol. The van der Waals surface area contributed by atoms with Gasteiger partial charge in [-0.05, 0) is 30.3 Å². The molecule has 0 bridgehead atoms. The molecule has 0 saturated heterocycles. The fourth-order valence-corrected chi connectivity index (χ4v) is 2.32. The number of rotatable bonds is 6. The summed E-state index contributed by atoms with van der Waals surface area (Å²) in [7, 11) is 2.93. The molecule has 0 unspecified atom stereocenters. The number of esters is 1. The smallest absolute Gasteiger partial charge is 0.338 e. The van der Waals surface area contributed by atoms with E-state index in [0.29, 0.717) is 16.5 Å². The summed E-state index contributed by atoms with van der Waals surface area (Å²) >= 11 is 11.8. The van der Waals surface area contributed by atoms with Crippen molar-refractivity contribution in [2.45, 2.75) is 0 Å². The Morgan fingerprint density at radius 2 is 1.58 bits per heavy atom. The Morgan fingerprint density at radius 3 is 2.17 bits per heavy atom. The molecule has 0 radical (unpaired) electrons. The minimum Gasteiger partial charge on any atom is -0.497 e. The molecule has 0 amide bonds. The summed E-state index contributed by atoms with van der Waals surface area (Å²) in [6.45, 7) is -0.460. The van der Waals surface area contributed by atoms with Gasteiger partial charge in [0.2, 0.25) is 5.78 Å². The summed E-state index contributed by atoms with van der Waals surface area (Å²) in [5, 5.41) is 0.607. The van der Waals surface area contributed by atoms with Crippen LogP contribution in [0.1, 0.15) is 20.7 Å². The van der Waals surface area contributed by atoms with Gasteiger partial charge in [0, 0.05) is 16.7 Å². The van der Waals surface area contributed by atoms with Crippen LogP contribution >= 0.6 is 23.2 Å². The Morgan fingerprint density at radius 1 is 0.958 bits per heavy atom. The molecule has 24 heavy (non-hydrogen) atoms. The van der Waals surface area contributed by atoms with Gasteiger partial charge in [-0.2, -0.15) is 0 Å². The van der Waals surface area contributed by atoms with Gasteiger partial charge in [0.1, 0.15) is 11.5 Å². The summed E-state index contributed by atoms with van der Waals surface area (Å²) in [6, 6.07) is 9.09. The van der Waals surface area contributed by atoms with Gasteiger partial charge in [-0.25, -0.2) is 4.79 Å². The molecule has 2 rings (SSSR count). The lowest BCUT2D eigenvalue weighted by Gasteiger charge is -2.09. The van der Waals surface area contributed by atoms with Gasteiger partial charge in [0.15, 0.2) is 6.61 Å². The normalized spacial score (nSPS) is 10.2. The van der Waals surface area contributed by atoms with E-state index in [-0.39, 0.29) is 16.1 Å². The Balaban J connectivity index is 2.10. The van der Waals surface area contributed by atoms with Crippen LogP contribution < -0.4 is 9.47 Å². The number of halogens is 2. The predicted octanol–water partition coefficient (Wildman–Crippen LogP) is 4.05. The fraction of sp³-hybridized carbons (Fsp3) is 0.176. The number of ether oxygens (including phenoxy) is 3. The fourth-order valence-electron chi connectivity index (χ4n) is 1.93. The topological polar surface area (TPSA) is 61.8 Å². The maximum atomic E-state index is 12.1. The number of benzene rings is 2. The van der Waals surface area contributed by atoms with Crippen molar-refractivity contribution in [2.75, 3.05) is 20.8 Å². The molecule has 0 fully saturated rings. The van der Waals surface area contributed by atoms with Crippen molar-refractivity contribution < 1.29 is 23.8 Å². The van der Waals surface area contributed by atoms with Crippen molar-refractivity contribution in [1.29, 1.82) is 0 Å². The lowest BCUT2D eigenvalue weighted by molar-refractivity contribution is 0.0474. The molecule has 5 nitrogen and oxygen atoms in total. The van der Waals surface area contributed by atoms with Crippen LogP contribution in [0.4, 0.5) is 0 Å². The third kappa shape index (κ3) is 4.40. The molecular formula is C17H14Cl2O5. The molecule has 0 aromatic heterocycles. The molecule has 126 valence electrons. The Labute approximate surface area is 149 Å². The number of ketones is 1. The Hall–Kier alpha value is -2.24. The number of Topliss-reactive ketones (excluding diaryl/α,β-unsaturated/α-hetero) is 1. The SMILES string of the molecule is COc1cc(OC)cc(C(=O)OCC(=O)c2cc(Cl)ccc2Cl)c1. The van der Waals surface area contributed by atoms with E-state index < -0.39 is 18.4 Å². The zero-order chi connectivity index (χ0) is 17.7. The molecule has 0 aliphatic carbocycles. The largest absolute Gasteiger partial charge is 0.497 e. The molecule has 0 saturated carbocycles. The van der Waals surface area contributed by atoms with Crippen LogP contribution in [0.15, 0.2) is 36.4 Å². The third-order valence-electron chi connectivity index (χ3n) is 3.15. The van der Waals surface area contributed by atoms with Gasteiger partial charge >= 0.3 is 5.97 Å². The number of carbonyl (C=O) groups is 2. The van der Waals surface area contributed by atoms with Crippen LogP contribution in [0, 0.1) is 0 Å². The molecule has 0 aliphatic rings. The first-order valence-corrected chi connectivity index (χ1v) is 7.58. The molecule has 0 heterocycles. The molecule has 7 heteroatoms. The molecule has 0 N–H and O–H groups in total. The second-order valence-electron chi connectivity index (χ2n) is 4.72. The Bertz CT molecular complexity index is 751. The Kier molecular flexibility index (Phi) is 6.06. The number of hydrogen-bond donors (Lipinski definition) is 0. The van der Waals surface area contributed by atoms with Gasteiger partial charge in [-0.1, -0.05) is 23.2 Å². The second-order valence-corrected chi connectivity index (χ2v) is 5.57. The van der Waals surface area contributed by atoms with E-state index in [9.17, 15) is 9.59 Å². The van der Waals surface area contributed by atoms with E-state index >= 15 is 0 Å². The van der Waals surface area contributed by atoms with E-state index in [1.165, 1.54) is 38.5 Å².